The maximum Gasteiger partial charge on any atom is 0.320 e. The van der Waals surface area contributed by atoms with E-state index in [9.17, 15) is 9.90 Å². The van der Waals surface area contributed by atoms with E-state index in [1.807, 2.05) is 0 Å². The largest absolute Gasteiger partial charge is 0.508 e. The van der Waals surface area contributed by atoms with Gasteiger partial charge < -0.3 is 27.0 Å². The van der Waals surface area contributed by atoms with E-state index < -0.39 is 12.0 Å². The summed E-state index contributed by atoms with van der Waals surface area (Å²) in [6.07, 6.45) is 0. The Morgan fingerprint density at radius 3 is 2.72 bits per heavy atom. The van der Waals surface area contributed by atoms with E-state index >= 15 is 0 Å². The van der Waals surface area contributed by atoms with E-state index in [0.29, 0.717) is 11.3 Å². The van der Waals surface area contributed by atoms with Gasteiger partial charge in [-0.2, -0.15) is 0 Å². The van der Waals surface area contributed by atoms with Gasteiger partial charge in [0.15, 0.2) is 5.96 Å². The number of nitrogens with zero attached hydrogens (tertiary/aromatic N) is 1. The lowest BCUT2D eigenvalue weighted by molar-refractivity contribution is -0.139. The number of aliphatic carboxylic acids is 1. The lowest BCUT2D eigenvalue weighted by Gasteiger charge is -2.10. The molecule has 7 heteroatoms. The van der Waals surface area contributed by atoms with E-state index in [2.05, 4.69) is 10.3 Å². The minimum atomic E-state index is -0.963. The standard InChI is InChI=1S/C11H16N4O3/c1-6(10(17)18)14-5-7-4-8(15-11(12)13)2-3-9(7)16/h2-4,6,14,16H,5H2,1H3,(H,17,18)(H4,12,13,15)/t6-/m0/s1. The van der Waals surface area contributed by atoms with Gasteiger partial charge in [0.1, 0.15) is 11.8 Å². The molecule has 7 nitrogen and oxygen atoms in total. The van der Waals surface area contributed by atoms with Crippen LogP contribution in [-0.4, -0.2) is 28.2 Å². The second-order valence-electron chi connectivity index (χ2n) is 3.79. The Morgan fingerprint density at radius 2 is 2.17 bits per heavy atom. The van der Waals surface area contributed by atoms with Gasteiger partial charge in [0.2, 0.25) is 0 Å². The highest BCUT2D eigenvalue weighted by Gasteiger charge is 2.11. The van der Waals surface area contributed by atoms with Gasteiger partial charge in [0, 0.05) is 12.1 Å². The quantitative estimate of drug-likeness (QED) is 0.366. The molecule has 98 valence electrons. The molecule has 1 aromatic rings. The van der Waals surface area contributed by atoms with Crippen LogP contribution >= 0.6 is 0 Å². The number of phenolic OH excluding ortho intramolecular Hbond substituents is 1. The molecule has 1 atom stereocenters. The molecule has 0 aliphatic rings. The molecule has 1 rings (SSSR count). The Labute approximate surface area is 104 Å². The van der Waals surface area contributed by atoms with E-state index in [0.717, 1.165) is 0 Å². The number of nitrogens with two attached hydrogens (primary N) is 2. The highest BCUT2D eigenvalue weighted by molar-refractivity contribution is 5.79. The number of guanidine groups is 1. The summed E-state index contributed by atoms with van der Waals surface area (Å²) in [6, 6.07) is 3.87. The molecule has 0 spiro atoms. The number of carboxylic acids is 1. The first kappa shape index (κ1) is 13.8. The SMILES string of the molecule is C[C@H](NCc1cc(N=C(N)N)ccc1O)C(=O)O. The van der Waals surface area contributed by atoms with Crippen molar-refractivity contribution in [2.75, 3.05) is 0 Å². The Kier molecular flexibility index (Phi) is 4.50. The highest BCUT2D eigenvalue weighted by Crippen LogP contribution is 2.23. The summed E-state index contributed by atoms with van der Waals surface area (Å²) < 4.78 is 0. The second-order valence-corrected chi connectivity index (χ2v) is 3.79. The molecule has 0 aliphatic heterocycles. The molecule has 0 aromatic heterocycles. The number of carboxylic acid groups (broad SMARTS) is 1. The molecule has 7 N–H and O–H groups in total. The van der Waals surface area contributed by atoms with Crippen LogP contribution in [0.4, 0.5) is 5.69 Å². The van der Waals surface area contributed by atoms with Crippen LogP contribution in [0.3, 0.4) is 0 Å². The zero-order valence-corrected chi connectivity index (χ0v) is 9.92. The molecule has 0 saturated carbocycles. The van der Waals surface area contributed by atoms with Crippen LogP contribution in [0, 0.1) is 0 Å². The van der Waals surface area contributed by atoms with E-state index in [1.165, 1.54) is 13.0 Å². The minimum absolute atomic E-state index is 0.0506. The third-order valence-electron chi connectivity index (χ3n) is 2.29. The predicted molar refractivity (Wildman–Crippen MR) is 67.5 cm³/mol. The van der Waals surface area contributed by atoms with Gasteiger partial charge in [0.25, 0.3) is 0 Å². The van der Waals surface area contributed by atoms with Crippen LogP contribution in [0.1, 0.15) is 12.5 Å². The fourth-order valence-electron chi connectivity index (χ4n) is 1.28. The van der Waals surface area contributed by atoms with Crippen LogP contribution in [0.15, 0.2) is 23.2 Å². The van der Waals surface area contributed by atoms with Crippen molar-refractivity contribution in [3.05, 3.63) is 23.8 Å². The summed E-state index contributed by atoms with van der Waals surface area (Å²) in [4.78, 5) is 14.5. The molecular weight excluding hydrogens is 236 g/mol. The molecule has 0 radical (unpaired) electrons. The van der Waals surface area contributed by atoms with Gasteiger partial charge in [-0.1, -0.05) is 0 Å². The molecule has 0 unspecified atom stereocenters. The van der Waals surface area contributed by atoms with Crippen molar-refractivity contribution in [3.8, 4) is 5.75 Å². The monoisotopic (exact) mass is 252 g/mol. The number of hydrogen-bond donors (Lipinski definition) is 5. The van der Waals surface area contributed by atoms with Crippen molar-refractivity contribution in [1.29, 1.82) is 0 Å². The fourth-order valence-corrected chi connectivity index (χ4v) is 1.28. The topological polar surface area (TPSA) is 134 Å². The van der Waals surface area contributed by atoms with Crippen molar-refractivity contribution in [3.63, 3.8) is 0 Å². The summed E-state index contributed by atoms with van der Waals surface area (Å²) in [5.74, 6) is -0.997. The van der Waals surface area contributed by atoms with E-state index in [1.54, 1.807) is 12.1 Å². The molecule has 0 saturated heterocycles. The summed E-state index contributed by atoms with van der Waals surface area (Å²) in [5.41, 5.74) is 11.5. The Morgan fingerprint density at radius 1 is 1.50 bits per heavy atom. The number of rotatable bonds is 5. The molecular formula is C11H16N4O3. The summed E-state index contributed by atoms with van der Waals surface area (Å²) in [5, 5.41) is 21.1. The molecule has 0 heterocycles. The smallest absolute Gasteiger partial charge is 0.320 e. The van der Waals surface area contributed by atoms with Gasteiger partial charge in [0.05, 0.1) is 5.69 Å². The van der Waals surface area contributed by atoms with E-state index in [-0.39, 0.29) is 18.3 Å². The van der Waals surface area contributed by atoms with Crippen LogP contribution in [0.25, 0.3) is 0 Å². The van der Waals surface area contributed by atoms with Crippen molar-refractivity contribution < 1.29 is 15.0 Å². The van der Waals surface area contributed by atoms with Crippen LogP contribution in [-0.2, 0) is 11.3 Å². The van der Waals surface area contributed by atoms with Crippen molar-refractivity contribution in [2.24, 2.45) is 16.5 Å². The summed E-state index contributed by atoms with van der Waals surface area (Å²) in [7, 11) is 0. The average molecular weight is 252 g/mol. The summed E-state index contributed by atoms with van der Waals surface area (Å²) >= 11 is 0. The highest BCUT2D eigenvalue weighted by atomic mass is 16.4. The van der Waals surface area contributed by atoms with Crippen molar-refractivity contribution in [1.82, 2.24) is 5.32 Å². The lowest BCUT2D eigenvalue weighted by Crippen LogP contribution is -2.33. The Hall–Kier alpha value is -2.28. The molecule has 18 heavy (non-hydrogen) atoms. The van der Waals surface area contributed by atoms with Crippen LogP contribution < -0.4 is 16.8 Å². The number of benzene rings is 1. The van der Waals surface area contributed by atoms with Gasteiger partial charge >= 0.3 is 5.97 Å². The van der Waals surface area contributed by atoms with Crippen molar-refractivity contribution in [2.45, 2.75) is 19.5 Å². The van der Waals surface area contributed by atoms with Crippen LogP contribution in [0.2, 0.25) is 0 Å². The maximum atomic E-state index is 10.6. The number of hydrogen-bond acceptors (Lipinski definition) is 4. The molecule has 0 bridgehead atoms. The molecule has 0 aliphatic carbocycles. The minimum Gasteiger partial charge on any atom is -0.508 e. The van der Waals surface area contributed by atoms with Gasteiger partial charge in [-0.25, -0.2) is 4.99 Å². The number of aromatic hydroxyl groups is 1. The second kappa shape index (κ2) is 5.87. The van der Waals surface area contributed by atoms with Crippen molar-refractivity contribution >= 4 is 17.6 Å². The molecule has 1 aromatic carbocycles. The third-order valence-corrected chi connectivity index (χ3v) is 2.29. The first-order chi connectivity index (χ1) is 8.40. The molecule has 0 amide bonds. The predicted octanol–water partition coefficient (Wildman–Crippen LogP) is -0.140. The number of nitrogens with one attached hydrogen (secondary N) is 1. The zero-order valence-electron chi connectivity index (χ0n) is 9.92. The molecule has 0 fully saturated rings. The Bertz CT molecular complexity index is 469. The van der Waals surface area contributed by atoms with Gasteiger partial charge in [-0.3, -0.25) is 4.79 Å². The van der Waals surface area contributed by atoms with E-state index in [4.69, 9.17) is 16.6 Å². The zero-order chi connectivity index (χ0) is 13.7. The number of phenols is 1. The maximum absolute atomic E-state index is 10.6. The lowest BCUT2D eigenvalue weighted by atomic mass is 10.1. The first-order valence-electron chi connectivity index (χ1n) is 5.28. The fraction of sp³-hybridized carbons (Fsp3) is 0.273. The number of carbonyl (C=O) groups is 1. The summed E-state index contributed by atoms with van der Waals surface area (Å²) in [6.45, 7) is 1.71. The third kappa shape index (κ3) is 3.95. The van der Waals surface area contributed by atoms with Crippen LogP contribution in [0.5, 0.6) is 5.75 Å². The van der Waals surface area contributed by atoms with Gasteiger partial charge in [-0.15, -0.1) is 0 Å². The Balaban J connectivity index is 2.81. The van der Waals surface area contributed by atoms with Gasteiger partial charge in [-0.05, 0) is 25.1 Å². The average Bonchev–Trinajstić information content (AvgIpc) is 2.28. The normalized spacial score (nSPS) is 11.8. The first-order valence-corrected chi connectivity index (χ1v) is 5.28. The number of aliphatic imine (C=N–C) groups is 1.